The summed E-state index contributed by atoms with van der Waals surface area (Å²) in [6, 6.07) is 11.4. The number of nitrogen functional groups attached to an aromatic ring is 4. The van der Waals surface area contributed by atoms with Gasteiger partial charge in [0, 0.05) is 6.21 Å². The number of allylic oxidation sites excluding steroid dienone is 1. The van der Waals surface area contributed by atoms with Crippen molar-refractivity contribution in [2.75, 3.05) is 29.5 Å². The van der Waals surface area contributed by atoms with E-state index in [0.29, 0.717) is 29.3 Å². The minimum atomic E-state index is -0.418. The Morgan fingerprint density at radius 1 is 0.773 bits per heavy atom. The summed E-state index contributed by atoms with van der Waals surface area (Å²) in [7, 11) is 0. The molecule has 0 radical (unpaired) electrons. The average Bonchev–Trinajstić information content (AvgIpc) is 2.53. The maximum Gasteiger partial charge on any atom is 0.0582 e. The quantitative estimate of drug-likeness (QED) is 0.633. The summed E-state index contributed by atoms with van der Waals surface area (Å²) in [4.78, 5) is 4.43. The lowest BCUT2D eigenvalue weighted by Gasteiger charge is -2.32. The summed E-state index contributed by atoms with van der Waals surface area (Å²) in [6.45, 7) is 0.580. The molecule has 3 rings (SSSR count). The van der Waals surface area contributed by atoms with Crippen molar-refractivity contribution in [3.05, 3.63) is 59.7 Å². The van der Waals surface area contributed by atoms with Crippen LogP contribution >= 0.6 is 0 Å². The van der Waals surface area contributed by atoms with Gasteiger partial charge in [0.15, 0.2) is 0 Å². The van der Waals surface area contributed by atoms with Gasteiger partial charge in [-0.25, -0.2) is 0 Å². The van der Waals surface area contributed by atoms with Gasteiger partial charge in [0.2, 0.25) is 0 Å². The molecule has 0 unspecified atom stereocenters. The third-order valence-corrected chi connectivity index (χ3v) is 4.12. The van der Waals surface area contributed by atoms with Gasteiger partial charge in [-0.15, -0.1) is 0 Å². The molecular weight excluding hydrogens is 274 g/mol. The molecule has 0 saturated heterocycles. The number of rotatable bonds is 2. The smallest absolute Gasteiger partial charge is 0.0582 e. The molecule has 0 aromatic heterocycles. The van der Waals surface area contributed by atoms with E-state index in [1.54, 1.807) is 6.21 Å². The highest BCUT2D eigenvalue weighted by atomic mass is 14.8. The maximum absolute atomic E-state index is 5.99. The van der Waals surface area contributed by atoms with E-state index >= 15 is 0 Å². The summed E-state index contributed by atoms with van der Waals surface area (Å²) in [6.07, 6.45) is 5.83. The van der Waals surface area contributed by atoms with Crippen molar-refractivity contribution in [2.24, 2.45) is 4.99 Å². The fourth-order valence-electron chi connectivity index (χ4n) is 2.76. The maximum atomic E-state index is 5.99. The largest absolute Gasteiger partial charge is 0.397 e. The Labute approximate surface area is 129 Å². The van der Waals surface area contributed by atoms with Crippen LogP contribution in [0.2, 0.25) is 0 Å². The normalized spacial score (nSPS) is 15.8. The minimum Gasteiger partial charge on any atom is -0.397 e. The zero-order valence-corrected chi connectivity index (χ0v) is 12.2. The van der Waals surface area contributed by atoms with Crippen LogP contribution in [-0.4, -0.2) is 12.8 Å². The summed E-state index contributed by atoms with van der Waals surface area (Å²) in [5.74, 6) is 0. The van der Waals surface area contributed by atoms with Crippen LogP contribution in [0.3, 0.4) is 0 Å². The molecule has 0 atom stereocenters. The highest BCUT2D eigenvalue weighted by Crippen LogP contribution is 2.38. The lowest BCUT2D eigenvalue weighted by Crippen LogP contribution is -2.31. The molecule has 0 aliphatic carbocycles. The molecule has 0 saturated carbocycles. The third kappa shape index (κ3) is 2.16. The molecule has 5 heteroatoms. The van der Waals surface area contributed by atoms with Gasteiger partial charge in [0.1, 0.15) is 0 Å². The van der Waals surface area contributed by atoms with E-state index in [1.165, 1.54) is 0 Å². The molecule has 1 aliphatic heterocycles. The zero-order valence-electron chi connectivity index (χ0n) is 12.2. The summed E-state index contributed by atoms with van der Waals surface area (Å²) in [5.41, 5.74) is 27.5. The number of nitrogens with zero attached hydrogens (tertiary/aromatic N) is 1. The number of dihydropyridines is 1. The molecule has 0 fully saturated rings. The van der Waals surface area contributed by atoms with Crippen molar-refractivity contribution >= 4 is 29.0 Å². The molecule has 22 heavy (non-hydrogen) atoms. The molecule has 0 spiro atoms. The molecule has 112 valence electrons. The van der Waals surface area contributed by atoms with Crippen molar-refractivity contribution in [2.45, 2.75) is 5.41 Å². The van der Waals surface area contributed by atoms with Gasteiger partial charge < -0.3 is 22.9 Å². The summed E-state index contributed by atoms with van der Waals surface area (Å²) < 4.78 is 0. The van der Waals surface area contributed by atoms with Crippen LogP contribution in [0.5, 0.6) is 0 Å². The van der Waals surface area contributed by atoms with Crippen LogP contribution in [-0.2, 0) is 5.41 Å². The molecule has 0 bridgehead atoms. The van der Waals surface area contributed by atoms with Crippen LogP contribution in [0.4, 0.5) is 22.7 Å². The SMILES string of the molecule is Nc1ccc(C2(c3ccc(N)c(N)c3)C=CC=NC2)cc1N. The van der Waals surface area contributed by atoms with Crippen molar-refractivity contribution in [3.8, 4) is 0 Å². The summed E-state index contributed by atoms with van der Waals surface area (Å²) in [5, 5.41) is 0. The number of hydrogen-bond donors (Lipinski definition) is 4. The van der Waals surface area contributed by atoms with Crippen LogP contribution < -0.4 is 22.9 Å². The molecule has 8 N–H and O–H groups in total. The van der Waals surface area contributed by atoms with Gasteiger partial charge in [-0.3, -0.25) is 4.99 Å². The van der Waals surface area contributed by atoms with Crippen molar-refractivity contribution in [1.82, 2.24) is 0 Å². The molecule has 5 nitrogen and oxygen atoms in total. The Morgan fingerprint density at radius 3 is 1.73 bits per heavy atom. The number of nitrogens with two attached hydrogens (primary N) is 4. The van der Waals surface area contributed by atoms with Crippen molar-refractivity contribution in [3.63, 3.8) is 0 Å². The number of aliphatic imine (C=N–C) groups is 1. The van der Waals surface area contributed by atoms with Crippen LogP contribution in [0.1, 0.15) is 11.1 Å². The zero-order chi connectivity index (χ0) is 15.7. The van der Waals surface area contributed by atoms with E-state index in [0.717, 1.165) is 11.1 Å². The average molecular weight is 293 g/mol. The summed E-state index contributed by atoms with van der Waals surface area (Å²) >= 11 is 0. The first kappa shape index (κ1) is 14.0. The Morgan fingerprint density at radius 2 is 1.32 bits per heavy atom. The van der Waals surface area contributed by atoms with Crippen molar-refractivity contribution in [1.29, 1.82) is 0 Å². The fourth-order valence-corrected chi connectivity index (χ4v) is 2.76. The molecule has 0 amide bonds. The van der Waals surface area contributed by atoms with E-state index in [9.17, 15) is 0 Å². The number of benzene rings is 2. The van der Waals surface area contributed by atoms with Gasteiger partial charge in [-0.1, -0.05) is 18.2 Å². The highest BCUT2D eigenvalue weighted by molar-refractivity contribution is 5.76. The Kier molecular flexibility index (Phi) is 3.25. The third-order valence-electron chi connectivity index (χ3n) is 4.12. The second-order valence-electron chi connectivity index (χ2n) is 5.51. The fraction of sp³-hybridized carbons (Fsp3) is 0.118. The van der Waals surface area contributed by atoms with Gasteiger partial charge in [0.25, 0.3) is 0 Å². The van der Waals surface area contributed by atoms with Crippen LogP contribution in [0.25, 0.3) is 0 Å². The predicted octanol–water partition coefficient (Wildman–Crippen LogP) is 1.94. The standard InChI is InChI=1S/C17H19N5/c18-13-4-2-11(8-15(13)20)17(6-1-7-22-10-17)12-3-5-14(19)16(21)9-12/h1-9H,10,18-21H2. The Balaban J connectivity index is 2.20. The second kappa shape index (κ2) is 5.11. The van der Waals surface area contributed by atoms with Crippen LogP contribution in [0.15, 0.2) is 53.5 Å². The number of anilines is 4. The van der Waals surface area contributed by atoms with Gasteiger partial charge >= 0.3 is 0 Å². The van der Waals surface area contributed by atoms with E-state index in [2.05, 4.69) is 11.1 Å². The lowest BCUT2D eigenvalue weighted by atomic mass is 9.73. The minimum absolute atomic E-state index is 0.418. The molecule has 1 aliphatic rings. The van der Waals surface area contributed by atoms with Gasteiger partial charge in [0.05, 0.1) is 34.7 Å². The van der Waals surface area contributed by atoms with Crippen molar-refractivity contribution < 1.29 is 0 Å². The monoisotopic (exact) mass is 293 g/mol. The van der Waals surface area contributed by atoms with E-state index < -0.39 is 5.41 Å². The lowest BCUT2D eigenvalue weighted by molar-refractivity contribution is 0.653. The second-order valence-corrected chi connectivity index (χ2v) is 5.51. The predicted molar refractivity (Wildman–Crippen MR) is 93.8 cm³/mol. The molecular formula is C17H19N5. The molecule has 2 aromatic rings. The first-order valence-corrected chi connectivity index (χ1v) is 7.01. The van der Waals surface area contributed by atoms with Crippen LogP contribution in [0, 0.1) is 0 Å². The van der Waals surface area contributed by atoms with Gasteiger partial charge in [-0.05, 0) is 41.5 Å². The molecule has 2 aromatic carbocycles. The highest BCUT2D eigenvalue weighted by Gasteiger charge is 2.33. The Hall–Kier alpha value is -2.95. The Bertz CT molecular complexity index is 725. The first-order chi connectivity index (χ1) is 10.5. The van der Waals surface area contributed by atoms with E-state index in [-0.39, 0.29) is 0 Å². The first-order valence-electron chi connectivity index (χ1n) is 7.01. The van der Waals surface area contributed by atoms with E-state index in [4.69, 9.17) is 22.9 Å². The topological polar surface area (TPSA) is 116 Å². The van der Waals surface area contributed by atoms with Gasteiger partial charge in [-0.2, -0.15) is 0 Å². The van der Waals surface area contributed by atoms with E-state index in [1.807, 2.05) is 42.5 Å². The molecule has 1 heterocycles. The number of hydrogen-bond acceptors (Lipinski definition) is 5.